The molecule has 0 saturated carbocycles. The van der Waals surface area contributed by atoms with E-state index < -0.39 is 0 Å². The van der Waals surface area contributed by atoms with Crippen LogP contribution in [-0.4, -0.2) is 17.5 Å². The minimum Gasteiger partial charge on any atom is -0.357 e. The number of thiazole rings is 1. The molecule has 0 bridgehead atoms. The SMILES string of the molecule is CCNC(=NCc1ccc(Cl)cc1)NCc1scnc1C.I. The van der Waals surface area contributed by atoms with E-state index in [1.165, 1.54) is 4.88 Å². The first kappa shape index (κ1) is 19.2. The predicted octanol–water partition coefficient (Wildman–Crippen LogP) is 3.98. The van der Waals surface area contributed by atoms with Gasteiger partial charge in [-0.1, -0.05) is 23.7 Å². The minimum absolute atomic E-state index is 0. The van der Waals surface area contributed by atoms with E-state index in [-0.39, 0.29) is 24.0 Å². The van der Waals surface area contributed by atoms with Gasteiger partial charge in [0.15, 0.2) is 5.96 Å². The zero-order chi connectivity index (χ0) is 15.1. The molecule has 4 nitrogen and oxygen atoms in total. The Morgan fingerprint density at radius 3 is 2.59 bits per heavy atom. The Balaban J connectivity index is 0.00000242. The van der Waals surface area contributed by atoms with E-state index >= 15 is 0 Å². The maximum absolute atomic E-state index is 5.88. The molecule has 1 aromatic heterocycles. The van der Waals surface area contributed by atoms with Crippen LogP contribution >= 0.6 is 46.9 Å². The van der Waals surface area contributed by atoms with E-state index in [1.807, 2.05) is 36.7 Å². The van der Waals surface area contributed by atoms with Gasteiger partial charge in [0.2, 0.25) is 0 Å². The molecule has 7 heteroatoms. The van der Waals surface area contributed by atoms with Crippen molar-refractivity contribution in [2.24, 2.45) is 4.99 Å². The van der Waals surface area contributed by atoms with Crippen LogP contribution in [-0.2, 0) is 13.1 Å². The van der Waals surface area contributed by atoms with Crippen molar-refractivity contribution in [1.29, 1.82) is 0 Å². The monoisotopic (exact) mass is 450 g/mol. The van der Waals surface area contributed by atoms with Crippen molar-refractivity contribution in [3.05, 3.63) is 50.9 Å². The third kappa shape index (κ3) is 6.10. The Morgan fingerprint density at radius 2 is 2.00 bits per heavy atom. The van der Waals surface area contributed by atoms with Gasteiger partial charge in [0.1, 0.15) is 0 Å². The van der Waals surface area contributed by atoms with Crippen LogP contribution in [0.5, 0.6) is 0 Å². The molecular weight excluding hydrogens is 431 g/mol. The summed E-state index contributed by atoms with van der Waals surface area (Å²) < 4.78 is 0. The third-order valence-corrected chi connectivity index (χ3v) is 4.13. The van der Waals surface area contributed by atoms with Crippen molar-refractivity contribution in [1.82, 2.24) is 15.6 Å². The molecule has 0 unspecified atom stereocenters. The molecule has 0 fully saturated rings. The van der Waals surface area contributed by atoms with Crippen molar-refractivity contribution >= 4 is 52.9 Å². The summed E-state index contributed by atoms with van der Waals surface area (Å²) in [5.74, 6) is 0.806. The largest absolute Gasteiger partial charge is 0.357 e. The number of nitrogens with one attached hydrogen (secondary N) is 2. The molecule has 2 rings (SSSR count). The van der Waals surface area contributed by atoms with Crippen molar-refractivity contribution in [2.45, 2.75) is 26.9 Å². The van der Waals surface area contributed by atoms with Gasteiger partial charge in [0.25, 0.3) is 0 Å². The highest BCUT2D eigenvalue weighted by molar-refractivity contribution is 14.0. The maximum Gasteiger partial charge on any atom is 0.191 e. The number of aliphatic imine (C=N–C) groups is 1. The fourth-order valence-electron chi connectivity index (χ4n) is 1.76. The van der Waals surface area contributed by atoms with E-state index in [9.17, 15) is 0 Å². The summed E-state index contributed by atoms with van der Waals surface area (Å²) >= 11 is 7.54. The average molecular weight is 451 g/mol. The number of benzene rings is 1. The molecule has 0 spiro atoms. The number of rotatable bonds is 5. The summed E-state index contributed by atoms with van der Waals surface area (Å²) in [6.07, 6.45) is 0. The van der Waals surface area contributed by atoms with E-state index in [2.05, 4.69) is 27.5 Å². The molecule has 0 radical (unpaired) electrons. The summed E-state index contributed by atoms with van der Waals surface area (Å²) in [5, 5.41) is 7.32. The molecule has 1 heterocycles. The third-order valence-electron chi connectivity index (χ3n) is 2.94. The number of halogens is 2. The topological polar surface area (TPSA) is 49.3 Å². The van der Waals surface area contributed by atoms with Crippen LogP contribution in [0.15, 0.2) is 34.8 Å². The van der Waals surface area contributed by atoms with E-state index in [4.69, 9.17) is 11.6 Å². The lowest BCUT2D eigenvalue weighted by Gasteiger charge is -2.10. The van der Waals surface area contributed by atoms with Crippen LogP contribution in [0.4, 0.5) is 0 Å². The van der Waals surface area contributed by atoms with Crippen molar-refractivity contribution < 1.29 is 0 Å². The van der Waals surface area contributed by atoms with Crippen LogP contribution in [0.1, 0.15) is 23.1 Å². The first-order valence-electron chi connectivity index (χ1n) is 6.84. The molecule has 1 aromatic carbocycles. The molecule has 0 amide bonds. The normalized spacial score (nSPS) is 11.0. The number of hydrogen-bond acceptors (Lipinski definition) is 3. The highest BCUT2D eigenvalue weighted by atomic mass is 127. The van der Waals surface area contributed by atoms with Crippen LogP contribution in [0.3, 0.4) is 0 Å². The Kier molecular flexibility index (Phi) is 8.74. The lowest BCUT2D eigenvalue weighted by Crippen LogP contribution is -2.36. The van der Waals surface area contributed by atoms with Crippen molar-refractivity contribution in [3.63, 3.8) is 0 Å². The van der Waals surface area contributed by atoms with Crippen molar-refractivity contribution in [3.8, 4) is 0 Å². The fraction of sp³-hybridized carbons (Fsp3) is 0.333. The van der Waals surface area contributed by atoms with Gasteiger partial charge in [0.05, 0.1) is 24.3 Å². The standard InChI is InChI=1S/C15H19ClN4S.HI/c1-3-17-15(19-9-14-11(2)20-10-21-14)18-8-12-4-6-13(16)7-5-12;/h4-7,10H,3,8-9H2,1-2H3,(H2,17,18,19);1H. The van der Waals surface area contributed by atoms with Crippen LogP contribution in [0.25, 0.3) is 0 Å². The molecule has 0 atom stereocenters. The summed E-state index contributed by atoms with van der Waals surface area (Å²) in [5.41, 5.74) is 4.07. The van der Waals surface area contributed by atoms with Gasteiger partial charge in [-0.15, -0.1) is 35.3 Å². The Labute approximate surface area is 157 Å². The number of hydrogen-bond donors (Lipinski definition) is 2. The fourth-order valence-corrected chi connectivity index (χ4v) is 2.60. The quantitative estimate of drug-likeness (QED) is 0.412. The zero-order valence-corrected chi connectivity index (χ0v) is 16.5. The smallest absolute Gasteiger partial charge is 0.191 e. The van der Waals surface area contributed by atoms with Crippen LogP contribution in [0, 0.1) is 6.92 Å². The molecule has 22 heavy (non-hydrogen) atoms. The molecule has 2 aromatic rings. The van der Waals surface area contributed by atoms with E-state index in [1.54, 1.807) is 11.3 Å². The van der Waals surface area contributed by atoms with E-state index in [0.29, 0.717) is 6.54 Å². The van der Waals surface area contributed by atoms with Gasteiger partial charge in [-0.2, -0.15) is 0 Å². The zero-order valence-electron chi connectivity index (χ0n) is 12.6. The summed E-state index contributed by atoms with van der Waals surface area (Å²) in [4.78, 5) is 10.1. The molecule has 2 N–H and O–H groups in total. The average Bonchev–Trinajstić information content (AvgIpc) is 2.89. The van der Waals surface area contributed by atoms with Gasteiger partial charge in [-0.25, -0.2) is 9.98 Å². The highest BCUT2D eigenvalue weighted by Gasteiger charge is 2.03. The van der Waals surface area contributed by atoms with Gasteiger partial charge < -0.3 is 10.6 Å². The molecule has 0 aliphatic carbocycles. The number of aromatic nitrogens is 1. The first-order chi connectivity index (χ1) is 10.2. The first-order valence-corrected chi connectivity index (χ1v) is 8.10. The van der Waals surface area contributed by atoms with Crippen LogP contribution < -0.4 is 10.6 Å². The summed E-state index contributed by atoms with van der Waals surface area (Å²) in [7, 11) is 0. The lowest BCUT2D eigenvalue weighted by atomic mass is 10.2. The summed E-state index contributed by atoms with van der Waals surface area (Å²) in [6, 6.07) is 7.74. The molecule has 0 saturated heterocycles. The number of nitrogens with zero attached hydrogens (tertiary/aromatic N) is 2. The van der Waals surface area contributed by atoms with Crippen molar-refractivity contribution in [2.75, 3.05) is 6.54 Å². The van der Waals surface area contributed by atoms with Gasteiger partial charge in [0, 0.05) is 16.4 Å². The Bertz CT molecular complexity index is 598. The lowest BCUT2D eigenvalue weighted by molar-refractivity contribution is 0.819. The molecule has 0 aliphatic rings. The molecule has 0 aliphatic heterocycles. The second-order valence-electron chi connectivity index (χ2n) is 4.54. The summed E-state index contributed by atoms with van der Waals surface area (Å²) in [6.45, 7) is 6.26. The maximum atomic E-state index is 5.88. The second kappa shape index (κ2) is 10.0. The number of aryl methyl sites for hydroxylation is 1. The Morgan fingerprint density at radius 1 is 1.27 bits per heavy atom. The molecular formula is C15H20ClIN4S. The Hall–Kier alpha value is -0.860. The van der Waals surface area contributed by atoms with Gasteiger partial charge in [-0.05, 0) is 31.5 Å². The minimum atomic E-state index is 0. The van der Waals surface area contributed by atoms with Gasteiger partial charge >= 0.3 is 0 Å². The number of guanidine groups is 1. The molecule has 120 valence electrons. The predicted molar refractivity (Wildman–Crippen MR) is 105 cm³/mol. The second-order valence-corrected chi connectivity index (χ2v) is 5.91. The van der Waals surface area contributed by atoms with Gasteiger partial charge in [-0.3, -0.25) is 0 Å². The highest BCUT2D eigenvalue weighted by Crippen LogP contribution is 2.12. The van der Waals surface area contributed by atoms with Crippen LogP contribution in [0.2, 0.25) is 5.02 Å². The van der Waals surface area contributed by atoms with E-state index in [0.717, 1.165) is 35.3 Å².